The molecule has 2 fully saturated rings. The Kier molecular flexibility index (Phi) is 6.44. The molecular weight excluding hydrogens is 472 g/mol. The summed E-state index contributed by atoms with van der Waals surface area (Å²) < 4.78 is 28.3. The zero-order valence-electron chi connectivity index (χ0n) is 16.1. The normalized spacial score (nSPS) is 20.2. The van der Waals surface area contributed by atoms with Crippen LogP contribution >= 0.6 is 27.3 Å². The average molecular weight is 497 g/mol. The lowest BCUT2D eigenvalue weighted by atomic mass is 9.77. The molecule has 0 radical (unpaired) electrons. The molecule has 1 aromatic heterocycles. The smallest absolute Gasteiger partial charge is 0.252 e. The Morgan fingerprint density at radius 1 is 1.10 bits per heavy atom. The molecule has 1 saturated carbocycles. The van der Waals surface area contributed by atoms with Gasteiger partial charge in [0.05, 0.1) is 6.04 Å². The van der Waals surface area contributed by atoms with Crippen molar-refractivity contribution < 1.29 is 13.2 Å². The van der Waals surface area contributed by atoms with Gasteiger partial charge in [-0.15, -0.1) is 11.3 Å². The Morgan fingerprint density at radius 2 is 1.79 bits per heavy atom. The van der Waals surface area contributed by atoms with Crippen LogP contribution in [-0.4, -0.2) is 31.7 Å². The maximum Gasteiger partial charge on any atom is 0.252 e. The second kappa shape index (κ2) is 8.88. The second-order valence-electron chi connectivity index (χ2n) is 7.84. The van der Waals surface area contributed by atoms with Crippen molar-refractivity contribution in [3.63, 3.8) is 0 Å². The van der Waals surface area contributed by atoms with E-state index in [1.165, 1.54) is 22.1 Å². The Bertz CT molecular complexity index is 933. The minimum Gasteiger partial charge on any atom is -0.349 e. The number of carbonyl (C=O) groups is 1. The van der Waals surface area contributed by atoms with Crippen LogP contribution in [0.3, 0.4) is 0 Å². The van der Waals surface area contributed by atoms with Crippen molar-refractivity contribution in [1.29, 1.82) is 0 Å². The van der Waals surface area contributed by atoms with Crippen LogP contribution in [0.2, 0.25) is 0 Å². The lowest BCUT2D eigenvalue weighted by Crippen LogP contribution is -2.45. The number of hydrogen-bond donors (Lipinski definition) is 1. The molecule has 156 valence electrons. The van der Waals surface area contributed by atoms with Gasteiger partial charge in [-0.1, -0.05) is 40.5 Å². The molecule has 8 heteroatoms. The highest BCUT2D eigenvalue weighted by Crippen LogP contribution is 2.38. The van der Waals surface area contributed by atoms with Gasteiger partial charge >= 0.3 is 0 Å². The van der Waals surface area contributed by atoms with Crippen LogP contribution in [0.1, 0.15) is 43.7 Å². The van der Waals surface area contributed by atoms with E-state index in [1.54, 1.807) is 17.5 Å². The lowest BCUT2D eigenvalue weighted by Gasteiger charge is -2.36. The predicted octanol–water partition coefficient (Wildman–Crippen LogP) is 4.57. The lowest BCUT2D eigenvalue weighted by molar-refractivity contribution is -0.127. The predicted molar refractivity (Wildman–Crippen MR) is 118 cm³/mol. The third-order valence-electron chi connectivity index (χ3n) is 6.06. The topological polar surface area (TPSA) is 66.5 Å². The van der Waals surface area contributed by atoms with Crippen molar-refractivity contribution in [3.8, 4) is 0 Å². The van der Waals surface area contributed by atoms with Crippen LogP contribution < -0.4 is 5.32 Å². The molecule has 0 spiro atoms. The average Bonchev–Trinajstić information content (AvgIpc) is 3.22. The summed E-state index contributed by atoms with van der Waals surface area (Å²) in [4.78, 5) is 13.0. The third-order valence-corrected chi connectivity index (χ3v) is 9.86. The summed E-state index contributed by atoms with van der Waals surface area (Å²) in [5.74, 6) is 0.403. The van der Waals surface area contributed by atoms with E-state index in [0.717, 1.165) is 22.9 Å². The number of sulfonamides is 1. The Balaban J connectivity index is 1.39. The van der Waals surface area contributed by atoms with Crippen molar-refractivity contribution in [1.82, 2.24) is 9.62 Å². The van der Waals surface area contributed by atoms with Crippen molar-refractivity contribution in [2.75, 3.05) is 13.1 Å². The summed E-state index contributed by atoms with van der Waals surface area (Å²) in [6.45, 7) is 0.787. The molecule has 2 aromatic rings. The monoisotopic (exact) mass is 496 g/mol. The first-order valence-corrected chi connectivity index (χ1v) is 13.2. The first-order chi connectivity index (χ1) is 13.9. The minimum absolute atomic E-state index is 0.0391. The molecule has 5 nitrogen and oxygen atoms in total. The van der Waals surface area contributed by atoms with E-state index >= 15 is 0 Å². The molecule has 1 unspecified atom stereocenters. The van der Waals surface area contributed by atoms with Gasteiger partial charge in [0.2, 0.25) is 5.91 Å². The molecule has 1 saturated heterocycles. The first-order valence-electron chi connectivity index (χ1n) is 10.0. The molecule has 2 heterocycles. The number of benzene rings is 1. The Hall–Kier alpha value is -1.22. The molecule has 1 N–H and O–H groups in total. The number of rotatable bonds is 6. The number of piperidine rings is 1. The summed E-state index contributed by atoms with van der Waals surface area (Å²) in [5, 5.41) is 5.06. The highest BCUT2D eigenvalue weighted by atomic mass is 79.9. The molecule has 2 aliphatic rings. The highest BCUT2D eigenvalue weighted by Gasteiger charge is 2.35. The molecule has 4 rings (SSSR count). The van der Waals surface area contributed by atoms with E-state index < -0.39 is 10.0 Å². The van der Waals surface area contributed by atoms with E-state index in [9.17, 15) is 13.2 Å². The van der Waals surface area contributed by atoms with Gasteiger partial charge < -0.3 is 5.32 Å². The minimum atomic E-state index is -3.43. The molecule has 1 amide bonds. The van der Waals surface area contributed by atoms with E-state index in [4.69, 9.17) is 0 Å². The number of hydrogen-bond acceptors (Lipinski definition) is 4. The van der Waals surface area contributed by atoms with Gasteiger partial charge in [-0.25, -0.2) is 8.42 Å². The molecule has 1 aromatic carbocycles. The van der Waals surface area contributed by atoms with Crippen molar-refractivity contribution >= 4 is 43.2 Å². The van der Waals surface area contributed by atoms with Gasteiger partial charge in [-0.05, 0) is 60.7 Å². The van der Waals surface area contributed by atoms with E-state index in [0.29, 0.717) is 36.1 Å². The summed E-state index contributed by atoms with van der Waals surface area (Å²) in [7, 11) is -3.43. The number of halogens is 1. The Morgan fingerprint density at radius 3 is 2.34 bits per heavy atom. The van der Waals surface area contributed by atoms with Crippen molar-refractivity contribution in [2.45, 2.75) is 42.4 Å². The molecule has 1 aliphatic heterocycles. The van der Waals surface area contributed by atoms with Gasteiger partial charge in [-0.2, -0.15) is 4.31 Å². The first kappa shape index (κ1) is 21.0. The van der Waals surface area contributed by atoms with Gasteiger partial charge in [0.1, 0.15) is 4.21 Å². The fraction of sp³-hybridized carbons (Fsp3) is 0.476. The highest BCUT2D eigenvalue weighted by molar-refractivity contribution is 9.10. The molecule has 1 aliphatic carbocycles. The summed E-state index contributed by atoms with van der Waals surface area (Å²) in [5.41, 5.74) is 1.14. The van der Waals surface area contributed by atoms with Crippen molar-refractivity contribution in [2.24, 2.45) is 11.8 Å². The fourth-order valence-corrected chi connectivity index (χ4v) is 6.96. The molecule has 0 bridgehead atoms. The second-order valence-corrected chi connectivity index (χ2v) is 11.9. The van der Waals surface area contributed by atoms with Crippen LogP contribution in [0.5, 0.6) is 0 Å². The standard InChI is InChI=1S/C21H25BrN2O3S2/c22-18-8-6-16(7-9-18)20(15-3-1-4-15)23-21(25)17-10-12-24(13-11-17)29(26,27)19-5-2-14-28-19/h2,5-9,14-15,17,20H,1,3-4,10-13H2,(H,23,25). The summed E-state index contributed by atoms with van der Waals surface area (Å²) in [6.07, 6.45) is 4.62. The Labute approximate surface area is 184 Å². The van der Waals surface area contributed by atoms with E-state index in [-0.39, 0.29) is 17.9 Å². The summed E-state index contributed by atoms with van der Waals surface area (Å²) >= 11 is 4.71. The number of nitrogens with one attached hydrogen (secondary N) is 1. The van der Waals surface area contributed by atoms with Gasteiger partial charge in [-0.3, -0.25) is 4.79 Å². The SMILES string of the molecule is O=C(NC(c1ccc(Br)cc1)C1CCC1)C1CCN(S(=O)(=O)c2cccs2)CC1. The molecule has 29 heavy (non-hydrogen) atoms. The fourth-order valence-electron chi connectivity index (χ4n) is 4.08. The maximum atomic E-state index is 13.0. The van der Waals surface area contributed by atoms with Crippen LogP contribution in [0.15, 0.2) is 50.5 Å². The third kappa shape index (κ3) is 4.60. The zero-order valence-corrected chi connectivity index (χ0v) is 19.3. The van der Waals surface area contributed by atoms with Gasteiger partial charge in [0, 0.05) is 23.5 Å². The zero-order chi connectivity index (χ0) is 20.4. The van der Waals surface area contributed by atoms with E-state index in [2.05, 4.69) is 33.4 Å². The van der Waals surface area contributed by atoms with E-state index in [1.807, 2.05) is 12.1 Å². The largest absolute Gasteiger partial charge is 0.349 e. The quantitative estimate of drug-likeness (QED) is 0.636. The van der Waals surface area contributed by atoms with Gasteiger partial charge in [0.15, 0.2) is 0 Å². The molecular formula is C21H25BrN2O3S2. The maximum absolute atomic E-state index is 13.0. The number of amides is 1. The van der Waals surface area contributed by atoms with Crippen LogP contribution in [0.4, 0.5) is 0 Å². The van der Waals surface area contributed by atoms with Crippen molar-refractivity contribution in [3.05, 3.63) is 51.8 Å². The summed E-state index contributed by atoms with van der Waals surface area (Å²) in [6, 6.07) is 11.6. The van der Waals surface area contributed by atoms with Gasteiger partial charge in [0.25, 0.3) is 10.0 Å². The van der Waals surface area contributed by atoms with Crippen LogP contribution in [-0.2, 0) is 14.8 Å². The molecule has 1 atom stereocenters. The number of carbonyl (C=O) groups excluding carboxylic acids is 1. The van der Waals surface area contributed by atoms with Crippen LogP contribution in [0, 0.1) is 11.8 Å². The number of nitrogens with zero attached hydrogens (tertiary/aromatic N) is 1. The van der Waals surface area contributed by atoms with Crippen LogP contribution in [0.25, 0.3) is 0 Å². The number of thiophene rings is 1.